The number of fused-ring (bicyclic) bond motifs is 2. The van der Waals surface area contributed by atoms with Crippen LogP contribution in [0, 0.1) is 11.6 Å². The molecule has 4 rings (SSSR count). The van der Waals surface area contributed by atoms with Gasteiger partial charge in [-0.3, -0.25) is 4.68 Å². The Kier molecular flexibility index (Phi) is 7.14. The largest absolute Gasteiger partial charge is 0.393 e. The normalized spacial score (nSPS) is 12.7. The molecule has 0 bridgehead atoms. The Morgan fingerprint density at radius 2 is 2.00 bits per heavy atom. The summed E-state index contributed by atoms with van der Waals surface area (Å²) in [5.41, 5.74) is 2.38. The lowest BCUT2D eigenvalue weighted by Crippen LogP contribution is -2.11. The van der Waals surface area contributed by atoms with E-state index in [1.54, 1.807) is 39.2 Å². The third kappa shape index (κ3) is 4.18. The molecule has 0 aliphatic carbocycles. The molecular weight excluding hydrogens is 418 g/mol. The maximum absolute atomic E-state index is 15.2. The number of rotatable bonds is 6. The van der Waals surface area contributed by atoms with Crippen molar-refractivity contribution in [1.29, 1.82) is 0 Å². The number of oxime groups is 1. The van der Waals surface area contributed by atoms with Gasteiger partial charge >= 0.3 is 0 Å². The van der Waals surface area contributed by atoms with Gasteiger partial charge in [0, 0.05) is 24.6 Å². The highest BCUT2D eigenvalue weighted by Gasteiger charge is 2.25. The zero-order valence-electron chi connectivity index (χ0n) is 18.7. The van der Waals surface area contributed by atoms with Gasteiger partial charge in [-0.05, 0) is 19.1 Å². The molecule has 8 nitrogen and oxygen atoms in total. The molecule has 0 amide bonds. The summed E-state index contributed by atoms with van der Waals surface area (Å²) in [7, 11) is 1.63. The van der Waals surface area contributed by atoms with Gasteiger partial charge in [-0.2, -0.15) is 10.2 Å². The lowest BCUT2D eigenvalue weighted by molar-refractivity contribution is 0.0986. The Bertz CT molecular complexity index is 1260. The van der Waals surface area contributed by atoms with Gasteiger partial charge in [-0.15, -0.1) is 0 Å². The van der Waals surface area contributed by atoms with E-state index in [1.807, 2.05) is 13.8 Å². The minimum Gasteiger partial charge on any atom is -0.393 e. The Balaban J connectivity index is 0.00000141. The zero-order chi connectivity index (χ0) is 23.4. The summed E-state index contributed by atoms with van der Waals surface area (Å²) in [5, 5.41) is 21.5. The molecule has 0 fully saturated rings. The zero-order valence-corrected chi connectivity index (χ0v) is 18.7. The number of aryl methyl sites for hydroxylation is 1. The summed E-state index contributed by atoms with van der Waals surface area (Å²) >= 11 is 0. The second kappa shape index (κ2) is 9.82. The SMILES string of the molecule is C/C(=N\OCCO)c1ccc2ncc(C(C)c3c(F)cc4c(cnn4C)c3F)n2n1.CC. The fourth-order valence-electron chi connectivity index (χ4n) is 3.39. The first-order valence-electron chi connectivity index (χ1n) is 10.3. The number of aromatic nitrogens is 5. The van der Waals surface area contributed by atoms with Crippen LogP contribution < -0.4 is 0 Å². The van der Waals surface area contributed by atoms with E-state index in [1.165, 1.54) is 21.5 Å². The highest BCUT2D eigenvalue weighted by atomic mass is 19.1. The van der Waals surface area contributed by atoms with Crippen LogP contribution in [-0.2, 0) is 11.9 Å². The molecule has 4 aromatic rings. The molecule has 1 unspecified atom stereocenters. The van der Waals surface area contributed by atoms with E-state index >= 15 is 4.39 Å². The van der Waals surface area contributed by atoms with Crippen molar-refractivity contribution in [2.24, 2.45) is 12.2 Å². The summed E-state index contributed by atoms with van der Waals surface area (Å²) in [6.45, 7) is 7.33. The second-order valence-electron chi connectivity index (χ2n) is 6.91. The van der Waals surface area contributed by atoms with Gasteiger partial charge in [0.25, 0.3) is 0 Å². The standard InChI is InChI=1S/C20H20F2N6O2.C2H6/c1-11(19-14(21)8-16-13(20(19)22)9-24-27(16)3)17-10-23-18-5-4-15(25-28(17)18)12(2)26-30-7-6-29;1-2/h4-5,8-11,29H,6-7H2,1-3H3;1-2H3/b26-12+;. The summed E-state index contributed by atoms with van der Waals surface area (Å²) in [6, 6.07) is 4.75. The lowest BCUT2D eigenvalue weighted by Gasteiger charge is -2.14. The number of hydrogen-bond acceptors (Lipinski definition) is 6. The summed E-state index contributed by atoms with van der Waals surface area (Å²) < 4.78 is 33.0. The monoisotopic (exact) mass is 444 g/mol. The first kappa shape index (κ1) is 23.3. The fourth-order valence-corrected chi connectivity index (χ4v) is 3.39. The van der Waals surface area contributed by atoms with Gasteiger partial charge in [0.15, 0.2) is 5.65 Å². The van der Waals surface area contributed by atoms with Crippen molar-refractivity contribution in [3.63, 3.8) is 0 Å². The Labute approximate surface area is 184 Å². The molecule has 0 saturated carbocycles. The van der Waals surface area contributed by atoms with E-state index < -0.39 is 17.6 Å². The highest BCUT2D eigenvalue weighted by Crippen LogP contribution is 2.33. The number of aliphatic hydroxyl groups excluding tert-OH is 1. The molecule has 1 atom stereocenters. The minimum atomic E-state index is -0.657. The van der Waals surface area contributed by atoms with Crippen LogP contribution in [0.15, 0.2) is 35.7 Å². The van der Waals surface area contributed by atoms with Crippen LogP contribution in [0.4, 0.5) is 8.78 Å². The van der Waals surface area contributed by atoms with E-state index in [4.69, 9.17) is 9.94 Å². The van der Waals surface area contributed by atoms with Gasteiger partial charge < -0.3 is 9.94 Å². The first-order valence-corrected chi connectivity index (χ1v) is 10.3. The molecule has 10 heteroatoms. The predicted molar refractivity (Wildman–Crippen MR) is 118 cm³/mol. The Morgan fingerprint density at radius 1 is 1.25 bits per heavy atom. The Morgan fingerprint density at radius 3 is 2.72 bits per heavy atom. The number of hydrogen-bond donors (Lipinski definition) is 1. The summed E-state index contributed by atoms with van der Waals surface area (Å²) in [6.07, 6.45) is 2.94. The molecule has 1 N–H and O–H groups in total. The van der Waals surface area contributed by atoms with Crippen LogP contribution in [-0.4, -0.2) is 48.4 Å². The van der Waals surface area contributed by atoms with E-state index in [9.17, 15) is 4.39 Å². The molecule has 3 heterocycles. The van der Waals surface area contributed by atoms with E-state index in [0.717, 1.165) is 0 Å². The van der Waals surface area contributed by atoms with Crippen LogP contribution in [0.3, 0.4) is 0 Å². The molecule has 170 valence electrons. The summed E-state index contributed by atoms with van der Waals surface area (Å²) in [5.74, 6) is -1.96. The molecule has 0 saturated heterocycles. The van der Waals surface area contributed by atoms with E-state index in [-0.39, 0.29) is 24.2 Å². The lowest BCUT2D eigenvalue weighted by atomic mass is 9.95. The predicted octanol–water partition coefficient (Wildman–Crippen LogP) is 3.81. The van der Waals surface area contributed by atoms with Crippen molar-refractivity contribution in [2.75, 3.05) is 13.2 Å². The third-order valence-corrected chi connectivity index (χ3v) is 5.00. The fraction of sp³-hybridized carbons (Fsp3) is 0.364. The number of aliphatic hydroxyl groups is 1. The van der Waals surface area contributed by atoms with Gasteiger partial charge in [0.1, 0.15) is 29.6 Å². The van der Waals surface area contributed by atoms with Crippen LogP contribution in [0.2, 0.25) is 0 Å². The average Bonchev–Trinajstić information content (AvgIpc) is 3.38. The molecule has 32 heavy (non-hydrogen) atoms. The van der Waals surface area contributed by atoms with Crippen molar-refractivity contribution in [3.05, 3.63) is 59.2 Å². The molecule has 0 spiro atoms. The molecule has 0 radical (unpaired) electrons. The highest BCUT2D eigenvalue weighted by molar-refractivity contribution is 5.96. The van der Waals surface area contributed by atoms with Crippen LogP contribution in [0.5, 0.6) is 0 Å². The van der Waals surface area contributed by atoms with E-state index in [2.05, 4.69) is 20.3 Å². The number of imidazole rings is 1. The van der Waals surface area contributed by atoms with Crippen molar-refractivity contribution in [3.8, 4) is 0 Å². The maximum atomic E-state index is 15.2. The minimum absolute atomic E-state index is 0.0684. The van der Waals surface area contributed by atoms with E-state index in [0.29, 0.717) is 28.3 Å². The number of halogens is 2. The second-order valence-corrected chi connectivity index (χ2v) is 6.91. The quantitative estimate of drug-likeness (QED) is 0.278. The van der Waals surface area contributed by atoms with Gasteiger partial charge in [-0.1, -0.05) is 25.9 Å². The maximum Gasteiger partial charge on any atom is 0.153 e. The molecule has 1 aromatic carbocycles. The molecule has 0 aliphatic rings. The van der Waals surface area contributed by atoms with Crippen LogP contribution in [0.1, 0.15) is 50.6 Å². The van der Waals surface area contributed by atoms with Crippen molar-refractivity contribution >= 4 is 22.3 Å². The van der Waals surface area contributed by atoms with Crippen molar-refractivity contribution in [2.45, 2.75) is 33.6 Å². The third-order valence-electron chi connectivity index (χ3n) is 5.00. The molecule has 3 aromatic heterocycles. The van der Waals surface area contributed by atoms with Crippen molar-refractivity contribution < 1.29 is 18.7 Å². The topological polar surface area (TPSA) is 89.8 Å². The summed E-state index contributed by atoms with van der Waals surface area (Å²) in [4.78, 5) is 9.28. The smallest absolute Gasteiger partial charge is 0.153 e. The van der Waals surface area contributed by atoms with Gasteiger partial charge in [0.2, 0.25) is 0 Å². The average molecular weight is 444 g/mol. The van der Waals surface area contributed by atoms with Crippen molar-refractivity contribution in [1.82, 2.24) is 24.4 Å². The Hall–Kier alpha value is -3.40. The number of nitrogens with zero attached hydrogens (tertiary/aromatic N) is 6. The van der Waals surface area contributed by atoms with Gasteiger partial charge in [-0.25, -0.2) is 18.3 Å². The van der Waals surface area contributed by atoms with Gasteiger partial charge in [0.05, 0.1) is 35.6 Å². The molecule has 0 aliphatic heterocycles. The van der Waals surface area contributed by atoms with Crippen LogP contribution in [0.25, 0.3) is 16.6 Å². The number of benzene rings is 1. The van der Waals surface area contributed by atoms with Crippen LogP contribution >= 0.6 is 0 Å². The molecular formula is C22H26F2N6O2. The first-order chi connectivity index (χ1) is 15.4.